The fourth-order valence-corrected chi connectivity index (χ4v) is 3.29. The Morgan fingerprint density at radius 2 is 2.15 bits per heavy atom. The van der Waals surface area contributed by atoms with Crippen LogP contribution in [0.15, 0.2) is 35.8 Å². The molecule has 4 heteroatoms. The molecule has 3 rings (SSSR count). The second kappa shape index (κ2) is 5.77. The summed E-state index contributed by atoms with van der Waals surface area (Å²) in [5.41, 5.74) is 4.05. The number of nitrogens with zero attached hydrogens (tertiary/aromatic N) is 2. The van der Waals surface area contributed by atoms with Gasteiger partial charge in [-0.05, 0) is 18.6 Å². The Kier molecular flexibility index (Phi) is 3.85. The van der Waals surface area contributed by atoms with E-state index < -0.39 is 0 Å². The van der Waals surface area contributed by atoms with Crippen molar-refractivity contribution in [2.75, 3.05) is 6.54 Å². The Morgan fingerprint density at radius 3 is 2.90 bits per heavy atom. The largest absolute Gasteiger partial charge is 0.346 e. The number of rotatable bonds is 5. The average molecular weight is 285 g/mol. The van der Waals surface area contributed by atoms with Crippen molar-refractivity contribution in [1.29, 1.82) is 0 Å². The minimum absolute atomic E-state index is 0.905. The van der Waals surface area contributed by atoms with Gasteiger partial charge in [-0.15, -0.1) is 11.3 Å². The Morgan fingerprint density at radius 1 is 1.30 bits per heavy atom. The lowest BCUT2D eigenvalue weighted by Crippen LogP contribution is -2.18. The molecule has 2 aromatic heterocycles. The second-order valence-electron chi connectivity index (χ2n) is 5.00. The summed E-state index contributed by atoms with van der Waals surface area (Å²) in [7, 11) is 2.15. The first-order valence-electron chi connectivity index (χ1n) is 6.89. The molecule has 0 spiro atoms. The predicted molar refractivity (Wildman–Crippen MR) is 85.2 cm³/mol. The quantitative estimate of drug-likeness (QED) is 0.729. The highest BCUT2D eigenvalue weighted by atomic mass is 32.1. The summed E-state index contributed by atoms with van der Waals surface area (Å²) in [4.78, 5) is 4.30. The predicted octanol–water partition coefficient (Wildman–Crippen LogP) is 3.28. The van der Waals surface area contributed by atoms with Gasteiger partial charge in [0.05, 0.1) is 5.01 Å². The molecule has 3 aromatic rings. The van der Waals surface area contributed by atoms with Gasteiger partial charge in [0.2, 0.25) is 0 Å². The van der Waals surface area contributed by atoms with Gasteiger partial charge in [-0.2, -0.15) is 0 Å². The maximum Gasteiger partial charge on any atom is 0.0937 e. The van der Waals surface area contributed by atoms with Gasteiger partial charge in [0.25, 0.3) is 0 Å². The first-order chi connectivity index (χ1) is 9.77. The highest BCUT2D eigenvalue weighted by molar-refractivity contribution is 7.09. The van der Waals surface area contributed by atoms with Gasteiger partial charge in [0.1, 0.15) is 0 Å². The molecular formula is C16H19N3S. The summed E-state index contributed by atoms with van der Waals surface area (Å²) in [6.07, 6.45) is 2.87. The number of hydrogen-bond acceptors (Lipinski definition) is 3. The van der Waals surface area contributed by atoms with Crippen molar-refractivity contribution in [2.24, 2.45) is 7.05 Å². The van der Waals surface area contributed by atoms with Crippen LogP contribution in [-0.2, 0) is 20.0 Å². The van der Waals surface area contributed by atoms with Crippen LogP contribution in [-0.4, -0.2) is 16.1 Å². The molecule has 0 saturated heterocycles. The highest BCUT2D eigenvalue weighted by Gasteiger charge is 2.10. The summed E-state index contributed by atoms with van der Waals surface area (Å²) >= 11 is 1.72. The SMILES string of the molecule is Cc1c(CNCCc2nccs2)n(C)c2ccccc12. The zero-order valence-electron chi connectivity index (χ0n) is 11.9. The molecule has 0 bridgehead atoms. The Balaban J connectivity index is 1.68. The topological polar surface area (TPSA) is 29.9 Å². The van der Waals surface area contributed by atoms with Gasteiger partial charge in [-0.3, -0.25) is 0 Å². The van der Waals surface area contributed by atoms with Crippen molar-refractivity contribution in [3.63, 3.8) is 0 Å². The van der Waals surface area contributed by atoms with E-state index in [2.05, 4.69) is 53.1 Å². The van der Waals surface area contributed by atoms with E-state index in [0.29, 0.717) is 0 Å². The van der Waals surface area contributed by atoms with Crippen LogP contribution in [0.25, 0.3) is 10.9 Å². The summed E-state index contributed by atoms with van der Waals surface area (Å²) < 4.78 is 2.29. The lowest BCUT2D eigenvalue weighted by Gasteiger charge is -2.07. The van der Waals surface area contributed by atoms with Crippen LogP contribution in [0.2, 0.25) is 0 Å². The van der Waals surface area contributed by atoms with Crippen LogP contribution in [0.5, 0.6) is 0 Å². The van der Waals surface area contributed by atoms with Crippen molar-refractivity contribution in [3.8, 4) is 0 Å². The third-order valence-electron chi connectivity index (χ3n) is 3.80. The number of aromatic nitrogens is 2. The van der Waals surface area contributed by atoms with E-state index >= 15 is 0 Å². The highest BCUT2D eigenvalue weighted by Crippen LogP contribution is 2.24. The van der Waals surface area contributed by atoms with E-state index in [-0.39, 0.29) is 0 Å². The van der Waals surface area contributed by atoms with E-state index in [1.165, 1.54) is 27.2 Å². The zero-order chi connectivity index (χ0) is 13.9. The minimum atomic E-state index is 0.905. The van der Waals surface area contributed by atoms with Crippen LogP contribution >= 0.6 is 11.3 Å². The maximum atomic E-state index is 4.30. The van der Waals surface area contributed by atoms with E-state index in [9.17, 15) is 0 Å². The van der Waals surface area contributed by atoms with Crippen LogP contribution in [0.4, 0.5) is 0 Å². The lowest BCUT2D eigenvalue weighted by molar-refractivity contribution is 0.653. The third-order valence-corrected chi connectivity index (χ3v) is 4.64. The second-order valence-corrected chi connectivity index (χ2v) is 5.98. The van der Waals surface area contributed by atoms with Gasteiger partial charge in [-0.25, -0.2) is 4.98 Å². The number of benzene rings is 1. The number of fused-ring (bicyclic) bond motifs is 1. The zero-order valence-corrected chi connectivity index (χ0v) is 12.7. The standard InChI is InChI=1S/C16H19N3S/c1-12-13-5-3-4-6-14(13)19(2)15(12)11-17-8-7-16-18-9-10-20-16/h3-6,9-10,17H,7-8,11H2,1-2H3. The van der Waals surface area contributed by atoms with E-state index in [0.717, 1.165) is 19.5 Å². The van der Waals surface area contributed by atoms with Gasteiger partial charge >= 0.3 is 0 Å². The monoisotopic (exact) mass is 285 g/mol. The van der Waals surface area contributed by atoms with E-state index in [1.54, 1.807) is 11.3 Å². The molecule has 0 fully saturated rings. The number of para-hydroxylation sites is 1. The summed E-state index contributed by atoms with van der Waals surface area (Å²) in [5.74, 6) is 0. The number of aryl methyl sites for hydroxylation is 2. The molecule has 0 amide bonds. The van der Waals surface area contributed by atoms with Gasteiger partial charge in [0.15, 0.2) is 0 Å². The van der Waals surface area contributed by atoms with Crippen molar-refractivity contribution in [2.45, 2.75) is 19.9 Å². The van der Waals surface area contributed by atoms with Gasteiger partial charge in [0, 0.05) is 54.7 Å². The average Bonchev–Trinajstić information content (AvgIpc) is 3.06. The fourth-order valence-electron chi connectivity index (χ4n) is 2.67. The summed E-state index contributed by atoms with van der Waals surface area (Å²) in [6, 6.07) is 8.58. The first-order valence-corrected chi connectivity index (χ1v) is 7.77. The molecule has 2 heterocycles. The summed E-state index contributed by atoms with van der Waals surface area (Å²) in [6.45, 7) is 4.08. The molecular weight excluding hydrogens is 266 g/mol. The Hall–Kier alpha value is -1.65. The molecule has 104 valence electrons. The molecule has 20 heavy (non-hydrogen) atoms. The Bertz CT molecular complexity index is 659. The smallest absolute Gasteiger partial charge is 0.0937 e. The third kappa shape index (κ3) is 2.49. The molecule has 3 nitrogen and oxygen atoms in total. The number of thiazole rings is 1. The van der Waals surface area contributed by atoms with Crippen molar-refractivity contribution in [1.82, 2.24) is 14.9 Å². The Labute approximate surface area is 123 Å². The maximum absolute atomic E-state index is 4.30. The van der Waals surface area contributed by atoms with Crippen molar-refractivity contribution in [3.05, 3.63) is 52.1 Å². The van der Waals surface area contributed by atoms with Crippen molar-refractivity contribution >= 4 is 22.2 Å². The van der Waals surface area contributed by atoms with Crippen LogP contribution in [0.3, 0.4) is 0 Å². The number of nitrogens with one attached hydrogen (secondary N) is 1. The molecule has 0 radical (unpaired) electrons. The summed E-state index contributed by atoms with van der Waals surface area (Å²) in [5, 5.41) is 8.11. The lowest BCUT2D eigenvalue weighted by atomic mass is 10.1. The molecule has 1 aromatic carbocycles. The van der Waals surface area contributed by atoms with E-state index in [4.69, 9.17) is 0 Å². The molecule has 0 aliphatic heterocycles. The minimum Gasteiger partial charge on any atom is -0.346 e. The molecule has 0 aliphatic carbocycles. The molecule has 0 unspecified atom stereocenters. The van der Waals surface area contributed by atoms with E-state index in [1.807, 2.05) is 11.6 Å². The molecule has 0 atom stereocenters. The van der Waals surface area contributed by atoms with Crippen LogP contribution < -0.4 is 5.32 Å². The van der Waals surface area contributed by atoms with Gasteiger partial charge < -0.3 is 9.88 Å². The van der Waals surface area contributed by atoms with Crippen LogP contribution in [0.1, 0.15) is 16.3 Å². The molecule has 0 aliphatic rings. The first kappa shape index (κ1) is 13.3. The number of hydrogen-bond donors (Lipinski definition) is 1. The fraction of sp³-hybridized carbons (Fsp3) is 0.312. The normalized spacial score (nSPS) is 11.3. The molecule has 0 saturated carbocycles. The van der Waals surface area contributed by atoms with Gasteiger partial charge in [-0.1, -0.05) is 18.2 Å². The van der Waals surface area contributed by atoms with Crippen LogP contribution in [0, 0.1) is 6.92 Å². The molecule has 1 N–H and O–H groups in total. The van der Waals surface area contributed by atoms with Crippen molar-refractivity contribution < 1.29 is 0 Å².